The molecule has 180 valence electrons. The maximum Gasteiger partial charge on any atom is 0.0735 e. The number of aromatic amines is 1. The van der Waals surface area contributed by atoms with Crippen LogP contribution in [0, 0.1) is 0 Å². The van der Waals surface area contributed by atoms with Crippen molar-refractivity contribution in [3.63, 3.8) is 0 Å². The lowest BCUT2D eigenvalue weighted by molar-refractivity contribution is 0.972. The average Bonchev–Trinajstić information content (AvgIpc) is 3.74. The van der Waals surface area contributed by atoms with Gasteiger partial charge < -0.3 is 4.98 Å². The van der Waals surface area contributed by atoms with E-state index in [1.54, 1.807) is 0 Å². The summed E-state index contributed by atoms with van der Waals surface area (Å²) >= 11 is 0. The molecule has 0 bridgehead atoms. The second-order valence-corrected chi connectivity index (χ2v) is 11.1. The van der Waals surface area contributed by atoms with Gasteiger partial charge in [0.1, 0.15) is 0 Å². The van der Waals surface area contributed by atoms with Gasteiger partial charge in [0.05, 0.1) is 5.35 Å². The third kappa shape index (κ3) is 2.41. The molecule has 0 aliphatic heterocycles. The summed E-state index contributed by atoms with van der Waals surface area (Å²) in [4.78, 5) is 8.64. The van der Waals surface area contributed by atoms with Gasteiger partial charge in [-0.05, 0) is 83.4 Å². The van der Waals surface area contributed by atoms with Crippen LogP contribution in [-0.4, -0.2) is 9.97 Å². The van der Waals surface area contributed by atoms with Gasteiger partial charge in [-0.3, -0.25) is 4.98 Å². The molecule has 2 aromatic heterocycles. The van der Waals surface area contributed by atoms with Crippen molar-refractivity contribution in [2.75, 3.05) is 0 Å². The van der Waals surface area contributed by atoms with Crippen LogP contribution in [0.3, 0.4) is 0 Å². The normalized spacial score (nSPS) is 18.0. The van der Waals surface area contributed by atoms with Gasteiger partial charge in [-0.2, -0.15) is 0 Å². The van der Waals surface area contributed by atoms with Crippen molar-refractivity contribution in [3.8, 4) is 0 Å². The van der Waals surface area contributed by atoms with E-state index >= 15 is 0 Å². The molecule has 5 aromatic carbocycles. The van der Waals surface area contributed by atoms with E-state index in [0.29, 0.717) is 0 Å². The number of hydrogen-bond acceptors (Lipinski definition) is 1. The van der Waals surface area contributed by atoms with E-state index in [1.165, 1.54) is 87.8 Å². The summed E-state index contributed by atoms with van der Waals surface area (Å²) in [6.45, 7) is 0. The van der Waals surface area contributed by atoms with E-state index in [0.717, 1.165) is 11.8 Å². The predicted molar refractivity (Wildman–Crippen MR) is 162 cm³/mol. The SMILES string of the molecule is C1=CC2C3=C(Cc4c[nH]c(C=c5ncc6cc7c8ccccc8c8cccc(c56)c87)c42)c2ccccc2C3=C1. The Labute approximate surface area is 224 Å². The molecule has 39 heavy (non-hydrogen) atoms. The Kier molecular flexibility index (Phi) is 3.56. The molecule has 2 heteroatoms. The van der Waals surface area contributed by atoms with Crippen LogP contribution in [0.5, 0.6) is 0 Å². The summed E-state index contributed by atoms with van der Waals surface area (Å²) in [6.07, 6.45) is 14.4. The zero-order valence-electron chi connectivity index (χ0n) is 21.1. The van der Waals surface area contributed by atoms with Crippen LogP contribution in [0.1, 0.15) is 33.9 Å². The summed E-state index contributed by atoms with van der Waals surface area (Å²) in [5, 5.41) is 11.4. The van der Waals surface area contributed by atoms with Crippen molar-refractivity contribution in [2.45, 2.75) is 12.3 Å². The van der Waals surface area contributed by atoms with Crippen LogP contribution in [0.15, 0.2) is 109 Å². The number of aromatic nitrogens is 2. The maximum absolute atomic E-state index is 4.98. The van der Waals surface area contributed by atoms with Crippen molar-refractivity contribution < 1.29 is 0 Å². The van der Waals surface area contributed by atoms with Crippen LogP contribution in [0.4, 0.5) is 0 Å². The van der Waals surface area contributed by atoms with E-state index in [9.17, 15) is 0 Å². The van der Waals surface area contributed by atoms with Crippen LogP contribution < -0.4 is 5.35 Å². The summed E-state index contributed by atoms with van der Waals surface area (Å²) in [6, 6.07) is 26.7. The Morgan fingerprint density at radius 1 is 0.795 bits per heavy atom. The molecule has 0 saturated carbocycles. The lowest BCUT2D eigenvalue weighted by atomic mass is 9.76. The molecule has 0 spiro atoms. The topological polar surface area (TPSA) is 28.7 Å². The molecule has 2 heterocycles. The monoisotopic (exact) mass is 494 g/mol. The Morgan fingerprint density at radius 2 is 1.59 bits per heavy atom. The molecule has 1 unspecified atom stereocenters. The highest BCUT2D eigenvalue weighted by Crippen LogP contribution is 2.54. The van der Waals surface area contributed by atoms with E-state index in [-0.39, 0.29) is 5.92 Å². The highest BCUT2D eigenvalue weighted by molar-refractivity contribution is 6.34. The van der Waals surface area contributed by atoms with Crippen LogP contribution >= 0.6 is 0 Å². The zero-order chi connectivity index (χ0) is 25.2. The van der Waals surface area contributed by atoms with Gasteiger partial charge in [0.15, 0.2) is 0 Å². The first kappa shape index (κ1) is 20.1. The van der Waals surface area contributed by atoms with E-state index < -0.39 is 0 Å². The first-order valence-corrected chi connectivity index (χ1v) is 13.7. The van der Waals surface area contributed by atoms with E-state index in [1.807, 2.05) is 0 Å². The van der Waals surface area contributed by atoms with Crippen molar-refractivity contribution in [2.24, 2.45) is 0 Å². The fourth-order valence-electron chi connectivity index (χ4n) is 7.81. The second kappa shape index (κ2) is 6.92. The summed E-state index contributed by atoms with van der Waals surface area (Å²) in [7, 11) is 0. The van der Waals surface area contributed by atoms with Crippen molar-refractivity contribution in [1.29, 1.82) is 0 Å². The zero-order valence-corrected chi connectivity index (χ0v) is 21.1. The highest BCUT2D eigenvalue weighted by atomic mass is 14.7. The summed E-state index contributed by atoms with van der Waals surface area (Å²) in [5.74, 6) is 0.265. The third-order valence-corrected chi connectivity index (χ3v) is 9.33. The molecule has 3 aliphatic carbocycles. The third-order valence-electron chi connectivity index (χ3n) is 9.33. The Balaban J connectivity index is 1.21. The summed E-state index contributed by atoms with van der Waals surface area (Å²) < 4.78 is 0. The minimum Gasteiger partial charge on any atom is -0.361 e. The largest absolute Gasteiger partial charge is 0.361 e. The first-order valence-electron chi connectivity index (χ1n) is 13.7. The van der Waals surface area contributed by atoms with Crippen LogP contribution in [0.25, 0.3) is 60.3 Å². The lowest BCUT2D eigenvalue weighted by Crippen LogP contribution is -2.12. The molecule has 7 aromatic rings. The van der Waals surface area contributed by atoms with E-state index in [4.69, 9.17) is 4.98 Å². The minimum atomic E-state index is 0.265. The van der Waals surface area contributed by atoms with Gasteiger partial charge in [-0.25, -0.2) is 0 Å². The quantitative estimate of drug-likeness (QED) is 0.246. The van der Waals surface area contributed by atoms with E-state index in [2.05, 4.69) is 114 Å². The van der Waals surface area contributed by atoms with Crippen LogP contribution in [-0.2, 0) is 6.42 Å². The second-order valence-electron chi connectivity index (χ2n) is 11.1. The molecule has 0 saturated heterocycles. The average molecular weight is 495 g/mol. The standard InChI is InChI=1S/C37H22N2/c1-3-9-24-22(7-1)26-11-5-13-28-34-20(15-30(24)36(26)28)18-38-32(34)17-33-35-21(19-39-33)16-31-25-10-4-2-8-23(25)27-12-6-14-29(35)37(27)31/h1-15,17-19,29,39H,16H2. The number of fused-ring (bicyclic) bond motifs is 10. The number of hydrogen-bond donors (Lipinski definition) is 1. The van der Waals surface area contributed by atoms with Gasteiger partial charge in [0.25, 0.3) is 0 Å². The van der Waals surface area contributed by atoms with Gasteiger partial charge >= 0.3 is 0 Å². The molecule has 1 N–H and O–H groups in total. The van der Waals surface area contributed by atoms with Gasteiger partial charge in [-0.15, -0.1) is 0 Å². The van der Waals surface area contributed by atoms with Crippen LogP contribution in [0.2, 0.25) is 0 Å². The molecular formula is C37H22N2. The van der Waals surface area contributed by atoms with Crippen molar-refractivity contribution in [3.05, 3.63) is 142 Å². The van der Waals surface area contributed by atoms with Gasteiger partial charge in [0, 0.05) is 41.2 Å². The van der Waals surface area contributed by atoms with Crippen molar-refractivity contribution in [1.82, 2.24) is 9.97 Å². The maximum atomic E-state index is 4.98. The molecule has 3 aliphatic rings. The molecule has 0 radical (unpaired) electrons. The number of H-pyrrole nitrogens is 1. The Hall–Kier alpha value is -4.95. The Morgan fingerprint density at radius 3 is 2.51 bits per heavy atom. The number of rotatable bonds is 1. The first-order chi connectivity index (χ1) is 19.3. The minimum absolute atomic E-state index is 0.265. The molecular weight excluding hydrogens is 472 g/mol. The lowest BCUT2D eigenvalue weighted by Gasteiger charge is -2.27. The molecule has 2 nitrogen and oxygen atoms in total. The number of benzene rings is 4. The number of nitrogens with zero attached hydrogens (tertiary/aromatic N) is 1. The van der Waals surface area contributed by atoms with Crippen molar-refractivity contribution >= 4 is 60.3 Å². The molecule has 10 rings (SSSR count). The smallest absolute Gasteiger partial charge is 0.0735 e. The number of nitrogens with one attached hydrogen (secondary N) is 1. The molecule has 0 amide bonds. The molecule has 1 atom stereocenters. The fraction of sp³-hybridized carbons (Fsp3) is 0.0541. The highest BCUT2D eigenvalue weighted by Gasteiger charge is 2.37. The van der Waals surface area contributed by atoms with Gasteiger partial charge in [0.2, 0.25) is 0 Å². The summed E-state index contributed by atoms with van der Waals surface area (Å²) in [5.41, 5.74) is 11.1. The fourth-order valence-corrected chi connectivity index (χ4v) is 7.81. The predicted octanol–water partition coefficient (Wildman–Crippen LogP) is 8.07. The molecule has 0 fully saturated rings. The number of allylic oxidation sites excluding steroid dienone is 6. The Bertz CT molecular complexity index is 2360. The van der Waals surface area contributed by atoms with Gasteiger partial charge in [-0.1, -0.05) is 85.0 Å².